The Bertz CT molecular complexity index is 358. The minimum absolute atomic E-state index is 0.387. The van der Waals surface area contributed by atoms with Gasteiger partial charge in [0.25, 0.3) is 0 Å². The largest absolute Gasteiger partial charge is 0.481 e. The number of ether oxygens (including phenoxy) is 2. The van der Waals surface area contributed by atoms with Crippen molar-refractivity contribution in [2.24, 2.45) is 11.8 Å². The third kappa shape index (κ3) is 2.11. The highest BCUT2D eigenvalue weighted by molar-refractivity contribution is 5.83. The van der Waals surface area contributed by atoms with E-state index in [0.29, 0.717) is 38.9 Å². The van der Waals surface area contributed by atoms with Crippen LogP contribution < -0.4 is 0 Å². The Labute approximate surface area is 118 Å². The van der Waals surface area contributed by atoms with Gasteiger partial charge in [-0.2, -0.15) is 0 Å². The van der Waals surface area contributed by atoms with Crippen LogP contribution in [0.3, 0.4) is 0 Å². The standard InChI is InChI=1S/C14H22O6/c1-3-19-13-5-7-14(8-6-13,20-4-2)10(12(17)18)9(13)11(15)16/h9-10H,3-8H2,1-2H3,(H,15,16)(H,17,18). The summed E-state index contributed by atoms with van der Waals surface area (Å²) in [5.41, 5.74) is -1.72. The second kappa shape index (κ2) is 5.33. The molecule has 2 N–H and O–H groups in total. The first-order valence-electron chi connectivity index (χ1n) is 7.16. The SMILES string of the molecule is CCOC12CCC(OCC)(CC1)C(C(=O)O)C2C(=O)O. The summed E-state index contributed by atoms with van der Waals surface area (Å²) in [5, 5.41) is 19.1. The molecule has 3 fully saturated rings. The Morgan fingerprint density at radius 1 is 0.900 bits per heavy atom. The number of hydrogen-bond acceptors (Lipinski definition) is 4. The Morgan fingerprint density at radius 2 is 1.20 bits per heavy atom. The van der Waals surface area contributed by atoms with E-state index in [-0.39, 0.29) is 0 Å². The van der Waals surface area contributed by atoms with Gasteiger partial charge in [0, 0.05) is 13.2 Å². The minimum Gasteiger partial charge on any atom is -0.481 e. The fourth-order valence-electron chi connectivity index (χ4n) is 4.10. The second-order valence-electron chi connectivity index (χ2n) is 5.63. The van der Waals surface area contributed by atoms with Crippen LogP contribution in [-0.2, 0) is 19.1 Å². The maximum Gasteiger partial charge on any atom is 0.310 e. The molecule has 2 unspecified atom stereocenters. The molecule has 0 aromatic carbocycles. The summed E-state index contributed by atoms with van der Waals surface area (Å²) >= 11 is 0. The van der Waals surface area contributed by atoms with Gasteiger partial charge < -0.3 is 19.7 Å². The molecule has 0 saturated heterocycles. The molecular formula is C14H22O6. The van der Waals surface area contributed by atoms with Gasteiger partial charge in [-0.15, -0.1) is 0 Å². The van der Waals surface area contributed by atoms with Crippen molar-refractivity contribution < 1.29 is 29.3 Å². The van der Waals surface area contributed by atoms with Crippen molar-refractivity contribution in [3.05, 3.63) is 0 Å². The van der Waals surface area contributed by atoms with E-state index in [1.165, 1.54) is 0 Å². The molecular weight excluding hydrogens is 264 g/mol. The lowest BCUT2D eigenvalue weighted by molar-refractivity contribution is -0.250. The normalized spacial score (nSPS) is 39.7. The summed E-state index contributed by atoms with van der Waals surface area (Å²) in [4.78, 5) is 23.4. The molecule has 2 atom stereocenters. The Morgan fingerprint density at radius 3 is 1.40 bits per heavy atom. The quantitative estimate of drug-likeness (QED) is 0.769. The molecule has 0 aliphatic heterocycles. The number of carboxylic acid groups (broad SMARTS) is 2. The van der Waals surface area contributed by atoms with Crippen molar-refractivity contribution >= 4 is 11.9 Å². The molecule has 3 rings (SSSR count). The lowest BCUT2D eigenvalue weighted by atomic mass is 9.53. The van der Waals surface area contributed by atoms with Crippen molar-refractivity contribution in [3.63, 3.8) is 0 Å². The van der Waals surface area contributed by atoms with Crippen LogP contribution in [0, 0.1) is 11.8 Å². The summed E-state index contributed by atoms with van der Waals surface area (Å²) in [6, 6.07) is 0. The predicted octanol–water partition coefficient (Wildman–Crippen LogP) is 1.53. The van der Waals surface area contributed by atoms with Gasteiger partial charge in [0.2, 0.25) is 0 Å². The number of fused-ring (bicyclic) bond motifs is 3. The first-order valence-corrected chi connectivity index (χ1v) is 7.16. The molecule has 2 bridgehead atoms. The minimum atomic E-state index is -1.10. The van der Waals surface area contributed by atoms with Crippen molar-refractivity contribution in [3.8, 4) is 0 Å². The number of aliphatic carboxylic acids is 2. The molecule has 3 aliphatic carbocycles. The zero-order chi connectivity index (χ0) is 15.0. The van der Waals surface area contributed by atoms with Crippen molar-refractivity contribution in [1.82, 2.24) is 0 Å². The van der Waals surface area contributed by atoms with Gasteiger partial charge in [0.1, 0.15) is 11.8 Å². The van der Waals surface area contributed by atoms with E-state index in [1.807, 2.05) is 13.8 Å². The van der Waals surface area contributed by atoms with Crippen LogP contribution in [0.4, 0.5) is 0 Å². The van der Waals surface area contributed by atoms with Gasteiger partial charge in [-0.05, 0) is 39.5 Å². The van der Waals surface area contributed by atoms with Crippen LogP contribution in [0.15, 0.2) is 0 Å². The van der Waals surface area contributed by atoms with E-state index >= 15 is 0 Å². The van der Waals surface area contributed by atoms with Crippen molar-refractivity contribution in [1.29, 1.82) is 0 Å². The maximum absolute atomic E-state index is 11.7. The molecule has 20 heavy (non-hydrogen) atoms. The smallest absolute Gasteiger partial charge is 0.310 e. The van der Waals surface area contributed by atoms with Gasteiger partial charge in [-0.3, -0.25) is 9.59 Å². The number of hydrogen-bond donors (Lipinski definition) is 2. The van der Waals surface area contributed by atoms with E-state index in [1.54, 1.807) is 0 Å². The highest BCUT2D eigenvalue weighted by atomic mass is 16.5. The van der Waals surface area contributed by atoms with E-state index in [2.05, 4.69) is 0 Å². The molecule has 3 saturated carbocycles. The topological polar surface area (TPSA) is 93.1 Å². The zero-order valence-electron chi connectivity index (χ0n) is 11.9. The lowest BCUT2D eigenvalue weighted by Gasteiger charge is -2.58. The van der Waals surface area contributed by atoms with Crippen LogP contribution >= 0.6 is 0 Å². The van der Waals surface area contributed by atoms with Gasteiger partial charge in [-0.25, -0.2) is 0 Å². The molecule has 0 aromatic heterocycles. The van der Waals surface area contributed by atoms with E-state index in [0.717, 1.165) is 0 Å². The fraction of sp³-hybridized carbons (Fsp3) is 0.857. The van der Waals surface area contributed by atoms with Crippen LogP contribution in [0.5, 0.6) is 0 Å². The van der Waals surface area contributed by atoms with Crippen molar-refractivity contribution in [2.45, 2.75) is 50.7 Å². The fourth-order valence-corrected chi connectivity index (χ4v) is 4.10. The third-order valence-electron chi connectivity index (χ3n) is 4.81. The molecule has 114 valence electrons. The summed E-state index contributed by atoms with van der Waals surface area (Å²) in [6.07, 6.45) is 2.17. The number of rotatable bonds is 6. The first kappa shape index (κ1) is 15.3. The molecule has 0 heterocycles. The van der Waals surface area contributed by atoms with Crippen LogP contribution in [0.1, 0.15) is 39.5 Å². The molecule has 3 aliphatic rings. The monoisotopic (exact) mass is 286 g/mol. The Kier molecular flexibility index (Phi) is 4.07. The highest BCUT2D eigenvalue weighted by Gasteiger charge is 2.66. The van der Waals surface area contributed by atoms with E-state index in [4.69, 9.17) is 9.47 Å². The summed E-state index contributed by atoms with van der Waals surface area (Å²) in [5.74, 6) is -4.30. The van der Waals surface area contributed by atoms with Gasteiger partial charge in [-0.1, -0.05) is 0 Å². The lowest BCUT2D eigenvalue weighted by Crippen LogP contribution is -2.67. The maximum atomic E-state index is 11.7. The molecule has 6 nitrogen and oxygen atoms in total. The highest BCUT2D eigenvalue weighted by Crippen LogP contribution is 2.57. The average molecular weight is 286 g/mol. The zero-order valence-corrected chi connectivity index (χ0v) is 11.9. The molecule has 0 amide bonds. The Hall–Kier alpha value is -1.14. The summed E-state index contributed by atoms with van der Waals surface area (Å²) in [6.45, 7) is 4.39. The predicted molar refractivity (Wildman–Crippen MR) is 69.4 cm³/mol. The van der Waals surface area contributed by atoms with Crippen LogP contribution in [-0.4, -0.2) is 46.6 Å². The molecule has 0 spiro atoms. The first-order chi connectivity index (χ1) is 9.42. The average Bonchev–Trinajstić information content (AvgIpc) is 2.39. The summed E-state index contributed by atoms with van der Waals surface area (Å²) < 4.78 is 11.5. The van der Waals surface area contributed by atoms with Gasteiger partial charge in [0.15, 0.2) is 0 Å². The number of carboxylic acids is 2. The molecule has 0 radical (unpaired) electrons. The van der Waals surface area contributed by atoms with Crippen LogP contribution in [0.25, 0.3) is 0 Å². The molecule has 0 aromatic rings. The second-order valence-corrected chi connectivity index (χ2v) is 5.63. The van der Waals surface area contributed by atoms with Gasteiger partial charge in [0.05, 0.1) is 11.2 Å². The summed E-state index contributed by atoms with van der Waals surface area (Å²) in [7, 11) is 0. The third-order valence-corrected chi connectivity index (χ3v) is 4.81. The van der Waals surface area contributed by atoms with Gasteiger partial charge >= 0.3 is 11.9 Å². The van der Waals surface area contributed by atoms with Crippen molar-refractivity contribution in [2.75, 3.05) is 13.2 Å². The van der Waals surface area contributed by atoms with Crippen LogP contribution in [0.2, 0.25) is 0 Å². The van der Waals surface area contributed by atoms with E-state index in [9.17, 15) is 19.8 Å². The van der Waals surface area contributed by atoms with E-state index < -0.39 is 35.0 Å². The Balaban J connectivity index is 2.45. The molecule has 6 heteroatoms. The number of carbonyl (C=O) groups is 2.